The molecule has 0 saturated carbocycles. The normalized spacial score (nSPS) is 17.8. The second-order valence-electron chi connectivity index (χ2n) is 7.40. The molecule has 0 spiro atoms. The monoisotopic (exact) mass is 355 g/mol. The lowest BCUT2D eigenvalue weighted by atomic mass is 9.92. The number of imidazole rings is 1. The van der Waals surface area contributed by atoms with E-state index in [0.717, 1.165) is 37.4 Å². The summed E-state index contributed by atoms with van der Waals surface area (Å²) < 4.78 is 0. The van der Waals surface area contributed by atoms with Gasteiger partial charge >= 0.3 is 0 Å². The van der Waals surface area contributed by atoms with Crippen LogP contribution in [-0.4, -0.2) is 28.0 Å². The minimum atomic E-state index is 0.344. The first-order valence-electron chi connectivity index (χ1n) is 10.2. The summed E-state index contributed by atoms with van der Waals surface area (Å²) in [5, 5.41) is 7.39. The molecule has 142 valence electrons. The molecule has 0 saturated heterocycles. The molecular formula is C21H33N5. The Labute approximate surface area is 157 Å². The minimum Gasteiger partial charge on any atom is -0.345 e. The van der Waals surface area contributed by atoms with Gasteiger partial charge < -0.3 is 15.6 Å². The van der Waals surface area contributed by atoms with Crippen molar-refractivity contribution in [2.24, 2.45) is 0 Å². The van der Waals surface area contributed by atoms with Gasteiger partial charge in [-0.25, -0.2) is 4.98 Å². The average molecular weight is 356 g/mol. The first-order chi connectivity index (χ1) is 12.8. The highest BCUT2D eigenvalue weighted by atomic mass is 15.0. The summed E-state index contributed by atoms with van der Waals surface area (Å²) in [7, 11) is 0. The minimum absolute atomic E-state index is 0.344. The number of hydrogen-bond acceptors (Lipinski definition) is 4. The Balaban J connectivity index is 1.37. The van der Waals surface area contributed by atoms with Crippen LogP contribution >= 0.6 is 0 Å². The summed E-state index contributed by atoms with van der Waals surface area (Å²) in [5.41, 5.74) is 3.83. The van der Waals surface area contributed by atoms with E-state index in [1.54, 1.807) is 0 Å². The number of unbranched alkanes of at least 4 members (excludes halogenated alkanes) is 1. The van der Waals surface area contributed by atoms with Gasteiger partial charge in [0, 0.05) is 24.1 Å². The van der Waals surface area contributed by atoms with Crippen LogP contribution in [0, 0.1) is 6.92 Å². The number of rotatable bonds is 10. The Morgan fingerprint density at radius 3 is 2.96 bits per heavy atom. The molecule has 2 unspecified atom stereocenters. The van der Waals surface area contributed by atoms with Crippen molar-refractivity contribution in [3.8, 4) is 0 Å². The lowest BCUT2D eigenvalue weighted by molar-refractivity contribution is 0.428. The summed E-state index contributed by atoms with van der Waals surface area (Å²) >= 11 is 0. The molecule has 0 radical (unpaired) electrons. The van der Waals surface area contributed by atoms with Crippen LogP contribution in [0.5, 0.6) is 0 Å². The van der Waals surface area contributed by atoms with Crippen molar-refractivity contribution in [3.63, 3.8) is 0 Å². The fraction of sp³-hybridized carbons (Fsp3) is 0.619. The maximum Gasteiger partial charge on any atom is 0.123 e. The molecule has 2 atom stereocenters. The molecule has 2 heterocycles. The molecular weight excluding hydrogens is 322 g/mol. The predicted octanol–water partition coefficient (Wildman–Crippen LogP) is 3.99. The molecule has 0 amide bonds. The summed E-state index contributed by atoms with van der Waals surface area (Å²) in [5.74, 6) is 1.08. The Morgan fingerprint density at radius 2 is 2.15 bits per heavy atom. The molecule has 1 aliphatic carbocycles. The molecule has 2 aromatic rings. The molecule has 26 heavy (non-hydrogen) atoms. The van der Waals surface area contributed by atoms with Crippen LogP contribution in [0.4, 0.5) is 0 Å². The standard InChI is InChI=1S/C21H33N5/c1-3-8-19(21-25-15-16(2)26-21)23-13-5-4-12-22-18-11-6-9-17-10-7-14-24-20(17)18/h7,10,14-15,18-19,22-23H,3-6,8-9,11-13H2,1-2H3,(H,25,26). The van der Waals surface area contributed by atoms with Crippen LogP contribution < -0.4 is 10.6 Å². The van der Waals surface area contributed by atoms with Gasteiger partial charge in [-0.3, -0.25) is 4.98 Å². The zero-order valence-electron chi connectivity index (χ0n) is 16.2. The van der Waals surface area contributed by atoms with Gasteiger partial charge in [-0.2, -0.15) is 0 Å². The van der Waals surface area contributed by atoms with Crippen molar-refractivity contribution in [2.75, 3.05) is 13.1 Å². The number of nitrogens with one attached hydrogen (secondary N) is 3. The molecule has 3 rings (SSSR count). The Bertz CT molecular complexity index is 666. The molecule has 5 heteroatoms. The maximum absolute atomic E-state index is 4.61. The second kappa shape index (κ2) is 9.83. The highest BCUT2D eigenvalue weighted by Crippen LogP contribution is 2.27. The largest absolute Gasteiger partial charge is 0.345 e. The van der Waals surface area contributed by atoms with Gasteiger partial charge in [0.05, 0.1) is 11.7 Å². The summed E-state index contributed by atoms with van der Waals surface area (Å²) in [6.07, 6.45) is 12.1. The van der Waals surface area contributed by atoms with Gasteiger partial charge in [0.15, 0.2) is 0 Å². The number of H-pyrrole nitrogens is 1. The molecule has 0 bridgehead atoms. The fourth-order valence-electron chi connectivity index (χ4n) is 3.84. The summed E-state index contributed by atoms with van der Waals surface area (Å²) in [4.78, 5) is 12.5. The SMILES string of the molecule is CCCC(NCCCCNC1CCCc2cccnc21)c1ncc(C)[nH]1. The van der Waals surface area contributed by atoms with Crippen LogP contribution in [0.25, 0.3) is 0 Å². The first kappa shape index (κ1) is 19.1. The van der Waals surface area contributed by atoms with E-state index >= 15 is 0 Å². The van der Waals surface area contributed by atoms with Gasteiger partial charge in [0.25, 0.3) is 0 Å². The summed E-state index contributed by atoms with van der Waals surface area (Å²) in [6, 6.07) is 5.06. The fourth-order valence-corrected chi connectivity index (χ4v) is 3.84. The zero-order chi connectivity index (χ0) is 18.2. The van der Waals surface area contributed by atoms with Crippen LogP contribution in [0.15, 0.2) is 24.5 Å². The molecule has 2 aromatic heterocycles. The first-order valence-corrected chi connectivity index (χ1v) is 10.2. The summed E-state index contributed by atoms with van der Waals surface area (Å²) in [6.45, 7) is 6.38. The van der Waals surface area contributed by atoms with Crippen molar-refractivity contribution in [2.45, 2.75) is 70.9 Å². The molecule has 3 N–H and O–H groups in total. The topological polar surface area (TPSA) is 65.6 Å². The Hall–Kier alpha value is -1.72. The molecule has 5 nitrogen and oxygen atoms in total. The van der Waals surface area contributed by atoms with Crippen LogP contribution in [-0.2, 0) is 6.42 Å². The third-order valence-electron chi connectivity index (χ3n) is 5.21. The van der Waals surface area contributed by atoms with Gasteiger partial charge in [0.2, 0.25) is 0 Å². The van der Waals surface area contributed by atoms with E-state index in [1.165, 1.54) is 43.4 Å². The van der Waals surface area contributed by atoms with E-state index < -0.39 is 0 Å². The molecule has 0 aliphatic heterocycles. The molecule has 1 aliphatic rings. The molecule has 0 fully saturated rings. The van der Waals surface area contributed by atoms with Gasteiger partial charge in [-0.15, -0.1) is 0 Å². The van der Waals surface area contributed by atoms with E-state index in [0.29, 0.717) is 12.1 Å². The van der Waals surface area contributed by atoms with Crippen molar-refractivity contribution in [3.05, 3.63) is 47.3 Å². The number of hydrogen-bond donors (Lipinski definition) is 3. The Morgan fingerprint density at radius 1 is 1.27 bits per heavy atom. The van der Waals surface area contributed by atoms with Crippen LogP contribution in [0.2, 0.25) is 0 Å². The maximum atomic E-state index is 4.61. The molecule has 0 aromatic carbocycles. The van der Waals surface area contributed by atoms with Crippen molar-refractivity contribution in [1.82, 2.24) is 25.6 Å². The zero-order valence-corrected chi connectivity index (χ0v) is 16.2. The second-order valence-corrected chi connectivity index (χ2v) is 7.40. The van der Waals surface area contributed by atoms with E-state index in [2.05, 4.69) is 51.6 Å². The highest BCUT2D eigenvalue weighted by Gasteiger charge is 2.20. The number of pyridine rings is 1. The van der Waals surface area contributed by atoms with Crippen molar-refractivity contribution >= 4 is 0 Å². The van der Waals surface area contributed by atoms with E-state index in [4.69, 9.17) is 0 Å². The van der Waals surface area contributed by atoms with Crippen molar-refractivity contribution < 1.29 is 0 Å². The van der Waals surface area contributed by atoms with E-state index in [9.17, 15) is 0 Å². The lowest BCUT2D eigenvalue weighted by Gasteiger charge is -2.25. The van der Waals surface area contributed by atoms with Crippen LogP contribution in [0.3, 0.4) is 0 Å². The predicted molar refractivity (Wildman–Crippen MR) is 106 cm³/mol. The van der Waals surface area contributed by atoms with E-state index in [-0.39, 0.29) is 0 Å². The number of aromatic amines is 1. The third kappa shape index (κ3) is 5.15. The lowest BCUT2D eigenvalue weighted by Crippen LogP contribution is -2.28. The number of aromatic nitrogens is 3. The van der Waals surface area contributed by atoms with Gasteiger partial charge in [-0.1, -0.05) is 19.4 Å². The Kier molecular flexibility index (Phi) is 7.21. The highest BCUT2D eigenvalue weighted by molar-refractivity contribution is 5.25. The number of nitrogens with zero attached hydrogens (tertiary/aromatic N) is 2. The number of fused-ring (bicyclic) bond motifs is 1. The van der Waals surface area contributed by atoms with Crippen LogP contribution in [0.1, 0.15) is 80.3 Å². The smallest absolute Gasteiger partial charge is 0.123 e. The third-order valence-corrected chi connectivity index (χ3v) is 5.21. The van der Waals surface area contributed by atoms with Crippen molar-refractivity contribution in [1.29, 1.82) is 0 Å². The average Bonchev–Trinajstić information content (AvgIpc) is 3.10. The van der Waals surface area contributed by atoms with Gasteiger partial charge in [0.1, 0.15) is 5.82 Å². The van der Waals surface area contributed by atoms with Gasteiger partial charge in [-0.05, 0) is 70.2 Å². The van der Waals surface area contributed by atoms with E-state index in [1.807, 2.05) is 12.4 Å². The number of aryl methyl sites for hydroxylation is 2. The quantitative estimate of drug-likeness (QED) is 0.564.